The molecule has 0 bridgehead atoms. The van der Waals surface area contributed by atoms with Crippen molar-refractivity contribution in [3.8, 4) is 5.88 Å². The molecule has 108 valence electrons. The maximum absolute atomic E-state index is 12.0. The van der Waals surface area contributed by atoms with E-state index in [9.17, 15) is 14.9 Å². The molecule has 0 saturated carbocycles. The summed E-state index contributed by atoms with van der Waals surface area (Å²) in [4.78, 5) is 22.0. The van der Waals surface area contributed by atoms with Crippen LogP contribution in [0.5, 0.6) is 5.88 Å². The zero-order valence-corrected chi connectivity index (χ0v) is 10.9. The lowest BCUT2D eigenvalue weighted by Gasteiger charge is -2.06. The molecule has 9 heteroatoms. The number of nitrogens with zero attached hydrogens (tertiary/aromatic N) is 3. The number of aromatic nitrogens is 2. The van der Waals surface area contributed by atoms with Crippen LogP contribution in [0.2, 0.25) is 0 Å². The second-order valence-electron chi connectivity index (χ2n) is 3.94. The monoisotopic (exact) mass is 289 g/mol. The number of methoxy groups -OCH3 is 1. The second kappa shape index (κ2) is 5.82. The number of nitro benzene ring substituents is 1. The zero-order valence-electron chi connectivity index (χ0n) is 10.9. The summed E-state index contributed by atoms with van der Waals surface area (Å²) in [6.45, 7) is 0. The molecule has 0 radical (unpaired) electrons. The summed E-state index contributed by atoms with van der Waals surface area (Å²) in [6, 6.07) is 6.63. The molecule has 0 unspecified atom stereocenters. The van der Waals surface area contributed by atoms with Crippen LogP contribution in [0.25, 0.3) is 0 Å². The van der Waals surface area contributed by atoms with Gasteiger partial charge in [-0.3, -0.25) is 14.9 Å². The van der Waals surface area contributed by atoms with Crippen LogP contribution in [0.3, 0.4) is 0 Å². The van der Waals surface area contributed by atoms with Crippen LogP contribution in [-0.4, -0.2) is 28.1 Å². The number of hydrogen-bond acceptors (Lipinski definition) is 7. The first-order valence-electron chi connectivity index (χ1n) is 5.74. The molecule has 0 fully saturated rings. The van der Waals surface area contributed by atoms with Gasteiger partial charge in [-0.1, -0.05) is 0 Å². The maximum Gasteiger partial charge on any atom is 0.271 e. The Balaban J connectivity index is 2.17. The second-order valence-corrected chi connectivity index (χ2v) is 3.94. The van der Waals surface area contributed by atoms with Crippen molar-refractivity contribution in [2.24, 2.45) is 0 Å². The molecule has 9 nitrogen and oxygen atoms in total. The Bertz CT molecular complexity index is 687. The van der Waals surface area contributed by atoms with Gasteiger partial charge in [-0.2, -0.15) is 0 Å². The first-order valence-corrected chi connectivity index (χ1v) is 5.74. The van der Waals surface area contributed by atoms with Gasteiger partial charge in [0.25, 0.3) is 11.6 Å². The number of benzene rings is 1. The topological polar surface area (TPSA) is 133 Å². The summed E-state index contributed by atoms with van der Waals surface area (Å²) in [7, 11) is 1.44. The minimum absolute atomic E-state index is 0.00294. The van der Waals surface area contributed by atoms with Gasteiger partial charge in [-0.15, -0.1) is 10.2 Å². The molecular weight excluding hydrogens is 278 g/mol. The van der Waals surface area contributed by atoms with E-state index in [4.69, 9.17) is 10.5 Å². The van der Waals surface area contributed by atoms with E-state index in [1.165, 1.54) is 31.4 Å². The largest absolute Gasteiger partial charge is 0.480 e. The number of rotatable bonds is 4. The number of ether oxygens (including phenoxy) is 1. The molecule has 21 heavy (non-hydrogen) atoms. The third kappa shape index (κ3) is 3.21. The van der Waals surface area contributed by atoms with E-state index in [1.807, 2.05) is 0 Å². The fraction of sp³-hybridized carbons (Fsp3) is 0.0833. The highest BCUT2D eigenvalue weighted by atomic mass is 16.6. The Morgan fingerprint density at radius 3 is 2.62 bits per heavy atom. The standard InChI is InChI=1S/C12H11N5O4/c1-21-11-5-4-10(15-16-11)14-12(18)8-3-2-7(17(19)20)6-9(8)13/h2-6H,13H2,1H3,(H,14,15,18). The van der Waals surface area contributed by atoms with Crippen LogP contribution >= 0.6 is 0 Å². The molecule has 0 aliphatic heterocycles. The van der Waals surface area contributed by atoms with E-state index in [2.05, 4.69) is 15.5 Å². The minimum atomic E-state index is -0.590. The third-order valence-electron chi connectivity index (χ3n) is 2.58. The Morgan fingerprint density at radius 1 is 1.33 bits per heavy atom. The van der Waals surface area contributed by atoms with Crippen molar-refractivity contribution >= 4 is 23.1 Å². The highest BCUT2D eigenvalue weighted by Crippen LogP contribution is 2.20. The van der Waals surface area contributed by atoms with Gasteiger partial charge < -0.3 is 15.8 Å². The molecule has 3 N–H and O–H groups in total. The number of carbonyl (C=O) groups excluding carboxylic acids is 1. The molecule has 0 aliphatic rings. The van der Waals surface area contributed by atoms with Crippen LogP contribution in [0, 0.1) is 10.1 Å². The van der Waals surface area contributed by atoms with Crippen molar-refractivity contribution in [3.05, 3.63) is 46.0 Å². The molecule has 1 amide bonds. The van der Waals surface area contributed by atoms with Crippen LogP contribution in [0.15, 0.2) is 30.3 Å². The molecular formula is C12H11N5O4. The zero-order chi connectivity index (χ0) is 15.4. The smallest absolute Gasteiger partial charge is 0.271 e. The van der Waals surface area contributed by atoms with Gasteiger partial charge >= 0.3 is 0 Å². The van der Waals surface area contributed by atoms with Gasteiger partial charge in [-0.25, -0.2) is 0 Å². The van der Waals surface area contributed by atoms with Gasteiger partial charge in [0.2, 0.25) is 5.88 Å². The first kappa shape index (κ1) is 14.2. The predicted molar refractivity (Wildman–Crippen MR) is 74.0 cm³/mol. The Hall–Kier alpha value is -3.23. The average Bonchev–Trinajstić information content (AvgIpc) is 2.47. The molecule has 1 heterocycles. The quantitative estimate of drug-likeness (QED) is 0.491. The molecule has 0 saturated heterocycles. The van der Waals surface area contributed by atoms with Gasteiger partial charge in [0.1, 0.15) is 0 Å². The lowest BCUT2D eigenvalue weighted by atomic mass is 10.1. The normalized spacial score (nSPS) is 9.95. The molecule has 2 aromatic rings. The predicted octanol–water partition coefficient (Wildman–Crippen LogP) is 1.23. The number of nitrogens with two attached hydrogens (primary N) is 1. The van der Waals surface area contributed by atoms with E-state index < -0.39 is 10.8 Å². The number of non-ortho nitro benzene ring substituents is 1. The number of nitrogens with one attached hydrogen (secondary N) is 1. The molecule has 0 atom stereocenters. The van der Waals surface area contributed by atoms with Crippen LogP contribution < -0.4 is 15.8 Å². The third-order valence-corrected chi connectivity index (χ3v) is 2.58. The van der Waals surface area contributed by atoms with Gasteiger partial charge in [0, 0.05) is 18.2 Å². The molecule has 1 aromatic heterocycles. The van der Waals surface area contributed by atoms with Crippen molar-refractivity contribution in [2.75, 3.05) is 18.2 Å². The van der Waals surface area contributed by atoms with E-state index in [1.54, 1.807) is 0 Å². The van der Waals surface area contributed by atoms with E-state index >= 15 is 0 Å². The summed E-state index contributed by atoms with van der Waals surface area (Å²) in [5, 5.41) is 20.5. The lowest BCUT2D eigenvalue weighted by Crippen LogP contribution is -2.15. The number of nitrogen functional groups attached to an aromatic ring is 1. The molecule has 2 rings (SSSR count). The number of hydrogen-bond donors (Lipinski definition) is 2. The number of carbonyl (C=O) groups is 1. The van der Waals surface area contributed by atoms with Crippen molar-refractivity contribution in [3.63, 3.8) is 0 Å². The van der Waals surface area contributed by atoms with Crippen LogP contribution in [0.1, 0.15) is 10.4 Å². The van der Waals surface area contributed by atoms with Crippen molar-refractivity contribution < 1.29 is 14.5 Å². The molecule has 0 spiro atoms. The Labute approximate surface area is 118 Å². The first-order chi connectivity index (χ1) is 10.0. The van der Waals surface area contributed by atoms with Crippen molar-refractivity contribution in [2.45, 2.75) is 0 Å². The minimum Gasteiger partial charge on any atom is -0.480 e. The SMILES string of the molecule is COc1ccc(NC(=O)c2ccc([N+](=O)[O-])cc2N)nn1. The summed E-state index contributed by atoms with van der Waals surface area (Å²) in [5.74, 6) is -0.0248. The highest BCUT2D eigenvalue weighted by molar-refractivity contribution is 6.07. The fourth-order valence-electron chi connectivity index (χ4n) is 1.55. The van der Waals surface area contributed by atoms with Crippen molar-refractivity contribution in [1.29, 1.82) is 0 Å². The van der Waals surface area contributed by atoms with Crippen LogP contribution in [0.4, 0.5) is 17.2 Å². The number of amides is 1. The van der Waals surface area contributed by atoms with E-state index in [-0.39, 0.29) is 22.8 Å². The summed E-state index contributed by atoms with van der Waals surface area (Å²) < 4.78 is 4.84. The summed E-state index contributed by atoms with van der Waals surface area (Å²) >= 11 is 0. The van der Waals surface area contributed by atoms with Gasteiger partial charge in [0.15, 0.2) is 5.82 Å². The molecule has 1 aromatic carbocycles. The van der Waals surface area contributed by atoms with Gasteiger partial charge in [-0.05, 0) is 12.1 Å². The average molecular weight is 289 g/mol. The number of anilines is 2. The summed E-state index contributed by atoms with van der Waals surface area (Å²) in [5.41, 5.74) is 5.56. The maximum atomic E-state index is 12.0. The van der Waals surface area contributed by atoms with E-state index in [0.29, 0.717) is 5.88 Å². The van der Waals surface area contributed by atoms with Gasteiger partial charge in [0.05, 0.1) is 23.3 Å². The van der Waals surface area contributed by atoms with E-state index in [0.717, 1.165) is 6.07 Å². The van der Waals surface area contributed by atoms with Crippen LogP contribution in [-0.2, 0) is 0 Å². The Kier molecular flexibility index (Phi) is 3.93. The lowest BCUT2D eigenvalue weighted by molar-refractivity contribution is -0.384. The van der Waals surface area contributed by atoms with Crippen molar-refractivity contribution in [1.82, 2.24) is 10.2 Å². The summed E-state index contributed by atoms with van der Waals surface area (Å²) in [6.07, 6.45) is 0. The number of nitro groups is 1. The fourth-order valence-corrected chi connectivity index (χ4v) is 1.55. The molecule has 0 aliphatic carbocycles. The Morgan fingerprint density at radius 2 is 2.10 bits per heavy atom. The highest BCUT2D eigenvalue weighted by Gasteiger charge is 2.15.